The maximum absolute atomic E-state index is 11.1. The fraction of sp³-hybridized carbons (Fsp3) is 0.373. The Kier molecular flexibility index (Phi) is 23.5. The summed E-state index contributed by atoms with van der Waals surface area (Å²) in [7, 11) is 0. The van der Waals surface area contributed by atoms with E-state index in [1.807, 2.05) is 123 Å². The first kappa shape index (κ1) is 59.3. The van der Waals surface area contributed by atoms with Crippen LogP contribution in [-0.4, -0.2) is 83.9 Å². The lowest BCUT2D eigenvalue weighted by molar-refractivity contribution is 0.0109. The molecule has 0 bridgehead atoms. The first-order valence-electron chi connectivity index (χ1n) is 28.4. The summed E-state index contributed by atoms with van der Waals surface area (Å²) >= 11 is 0. The highest BCUT2D eigenvalue weighted by atomic mass is 16.5. The summed E-state index contributed by atoms with van der Waals surface area (Å²) in [4.78, 5) is 28.8. The third-order valence-corrected chi connectivity index (χ3v) is 13.6. The van der Waals surface area contributed by atoms with Crippen LogP contribution in [0.1, 0.15) is 120 Å². The highest BCUT2D eigenvalue weighted by molar-refractivity contribution is 5.73. The summed E-state index contributed by atoms with van der Waals surface area (Å²) in [5.41, 5.74) is 9.35. The van der Waals surface area contributed by atoms with E-state index < -0.39 is 12.2 Å². The van der Waals surface area contributed by atoms with Gasteiger partial charge in [0.15, 0.2) is 34.9 Å². The SMILES string of the molecule is CCCCC(O)COc1ccccc1-c1nc(-c2ccccc2)nc(-c2ccccc2)n1.CCCCCCCCCCCCOCC(O)COc1ccc(-c2nc(-c3ccc(C)cc3C)nc(-c3ccc(C)cc3C)n2)c(O)c1. The molecule has 12 nitrogen and oxygen atoms in total. The Balaban J connectivity index is 0.000000245. The molecule has 2 unspecified atom stereocenters. The number of benzene rings is 6. The largest absolute Gasteiger partial charge is 0.507 e. The minimum Gasteiger partial charge on any atom is -0.507 e. The molecule has 0 radical (unpaired) electrons. The Morgan fingerprint density at radius 2 is 0.861 bits per heavy atom. The lowest BCUT2D eigenvalue weighted by Crippen LogP contribution is -2.23. The molecule has 2 heterocycles. The van der Waals surface area contributed by atoms with Gasteiger partial charge >= 0.3 is 0 Å². The average molecular weight is 1070 g/mol. The summed E-state index contributed by atoms with van der Waals surface area (Å²) in [6.45, 7) is 13.7. The molecule has 0 aliphatic heterocycles. The lowest BCUT2D eigenvalue weighted by atomic mass is 10.0. The smallest absolute Gasteiger partial charge is 0.167 e. The molecule has 79 heavy (non-hydrogen) atoms. The van der Waals surface area contributed by atoms with Crippen LogP contribution in [-0.2, 0) is 4.74 Å². The van der Waals surface area contributed by atoms with Crippen LogP contribution in [0.15, 0.2) is 140 Å². The number of rotatable bonds is 28. The number of para-hydroxylation sites is 1. The molecular weight excluding hydrogens is 985 g/mol. The monoisotopic (exact) mass is 1060 g/mol. The number of aliphatic hydroxyl groups excluding tert-OH is 2. The number of nitrogens with zero attached hydrogens (tertiary/aromatic N) is 6. The van der Waals surface area contributed by atoms with Gasteiger partial charge in [-0.25, -0.2) is 29.9 Å². The number of unbranched alkanes of at least 4 members (excludes halogenated alkanes) is 10. The third-order valence-electron chi connectivity index (χ3n) is 13.6. The molecule has 0 fully saturated rings. The van der Waals surface area contributed by atoms with E-state index >= 15 is 0 Å². The molecule has 3 N–H and O–H groups in total. The summed E-state index contributed by atoms with van der Waals surface area (Å²) < 4.78 is 17.5. The fourth-order valence-corrected chi connectivity index (χ4v) is 9.22. The fourth-order valence-electron chi connectivity index (χ4n) is 9.22. The van der Waals surface area contributed by atoms with Crippen molar-refractivity contribution in [2.24, 2.45) is 0 Å². The first-order chi connectivity index (χ1) is 38.5. The number of aromatic nitrogens is 6. The van der Waals surface area contributed by atoms with Crippen molar-refractivity contribution in [3.05, 3.63) is 162 Å². The average Bonchev–Trinajstić information content (AvgIpc) is 3.53. The number of ether oxygens (including phenoxy) is 3. The predicted molar refractivity (Wildman–Crippen MR) is 318 cm³/mol. The summed E-state index contributed by atoms with van der Waals surface area (Å²) in [5.74, 6) is 4.28. The maximum atomic E-state index is 11.1. The van der Waals surface area contributed by atoms with Crippen LogP contribution < -0.4 is 9.47 Å². The quantitative estimate of drug-likeness (QED) is 0.0398. The Morgan fingerprint density at radius 3 is 1.41 bits per heavy atom. The van der Waals surface area contributed by atoms with Crippen molar-refractivity contribution < 1.29 is 29.5 Å². The molecule has 6 aromatic carbocycles. The van der Waals surface area contributed by atoms with Crippen LogP contribution in [0.3, 0.4) is 0 Å². The summed E-state index contributed by atoms with van der Waals surface area (Å²) in [6.07, 6.45) is 14.3. The van der Waals surface area contributed by atoms with Crippen LogP contribution >= 0.6 is 0 Å². The van der Waals surface area contributed by atoms with E-state index in [1.54, 1.807) is 12.1 Å². The van der Waals surface area contributed by atoms with E-state index in [0.29, 0.717) is 58.6 Å². The molecule has 414 valence electrons. The van der Waals surface area contributed by atoms with Gasteiger partial charge in [-0.1, -0.05) is 205 Å². The third kappa shape index (κ3) is 18.3. The predicted octanol–water partition coefficient (Wildman–Crippen LogP) is 15.3. The van der Waals surface area contributed by atoms with E-state index in [1.165, 1.54) is 57.4 Å². The molecule has 8 aromatic rings. The summed E-state index contributed by atoms with van der Waals surface area (Å²) in [5, 5.41) is 31.7. The number of hydrogen-bond acceptors (Lipinski definition) is 12. The molecule has 0 saturated carbocycles. The molecule has 12 heteroatoms. The van der Waals surface area contributed by atoms with Gasteiger partial charge in [0.1, 0.15) is 36.6 Å². The Hall–Kier alpha value is -7.38. The molecule has 0 aliphatic rings. The van der Waals surface area contributed by atoms with Crippen LogP contribution in [0.4, 0.5) is 0 Å². The second-order valence-corrected chi connectivity index (χ2v) is 20.5. The van der Waals surface area contributed by atoms with E-state index in [9.17, 15) is 15.3 Å². The van der Waals surface area contributed by atoms with E-state index in [0.717, 1.165) is 82.2 Å². The zero-order valence-electron chi connectivity index (χ0n) is 47.2. The van der Waals surface area contributed by atoms with Crippen LogP contribution in [0.2, 0.25) is 0 Å². The number of aryl methyl sites for hydroxylation is 4. The van der Waals surface area contributed by atoms with Crippen LogP contribution in [0.5, 0.6) is 17.2 Å². The van der Waals surface area contributed by atoms with Crippen molar-refractivity contribution in [3.63, 3.8) is 0 Å². The molecule has 0 aliphatic carbocycles. The van der Waals surface area contributed by atoms with Crippen molar-refractivity contribution in [2.45, 2.75) is 137 Å². The zero-order chi connectivity index (χ0) is 55.8. The first-order valence-corrected chi connectivity index (χ1v) is 28.4. The van der Waals surface area contributed by atoms with Crippen molar-refractivity contribution in [1.29, 1.82) is 0 Å². The van der Waals surface area contributed by atoms with E-state index in [4.69, 9.17) is 44.1 Å². The number of aliphatic hydroxyl groups is 2. The number of phenolic OH excluding ortho intramolecular Hbond substituents is 1. The number of hydrogen-bond donors (Lipinski definition) is 3. The van der Waals surface area contributed by atoms with Gasteiger partial charge in [-0.2, -0.15) is 0 Å². The van der Waals surface area contributed by atoms with Crippen molar-refractivity contribution in [1.82, 2.24) is 29.9 Å². The Morgan fingerprint density at radius 1 is 0.405 bits per heavy atom. The van der Waals surface area contributed by atoms with Gasteiger partial charge in [0.05, 0.1) is 23.8 Å². The van der Waals surface area contributed by atoms with Gasteiger partial charge in [-0.15, -0.1) is 0 Å². The number of aromatic hydroxyl groups is 1. The number of phenols is 1. The van der Waals surface area contributed by atoms with Crippen molar-refractivity contribution >= 4 is 0 Å². The van der Waals surface area contributed by atoms with Crippen LogP contribution in [0.25, 0.3) is 68.3 Å². The van der Waals surface area contributed by atoms with E-state index in [2.05, 4.69) is 39.8 Å². The molecule has 0 amide bonds. The van der Waals surface area contributed by atoms with Gasteiger partial charge in [0.2, 0.25) is 0 Å². The van der Waals surface area contributed by atoms with Crippen LogP contribution in [0, 0.1) is 27.7 Å². The van der Waals surface area contributed by atoms with Gasteiger partial charge in [-0.3, -0.25) is 0 Å². The maximum Gasteiger partial charge on any atom is 0.167 e. The highest BCUT2D eigenvalue weighted by Crippen LogP contribution is 2.35. The zero-order valence-corrected chi connectivity index (χ0v) is 47.2. The second kappa shape index (κ2) is 31.3. The molecule has 0 saturated heterocycles. The van der Waals surface area contributed by atoms with Gasteiger partial charge < -0.3 is 29.5 Å². The van der Waals surface area contributed by atoms with Crippen molar-refractivity contribution in [3.8, 4) is 85.6 Å². The molecule has 8 rings (SSSR count). The molecule has 2 aromatic heterocycles. The highest BCUT2D eigenvalue weighted by Gasteiger charge is 2.19. The normalized spacial score (nSPS) is 11.9. The second-order valence-electron chi connectivity index (χ2n) is 20.5. The topological polar surface area (TPSA) is 166 Å². The van der Waals surface area contributed by atoms with Gasteiger partial charge in [0, 0.05) is 34.9 Å². The molecular formula is C67H80N6O6. The van der Waals surface area contributed by atoms with Crippen molar-refractivity contribution in [2.75, 3.05) is 26.4 Å². The van der Waals surface area contributed by atoms with Gasteiger partial charge in [-0.05, 0) is 75.9 Å². The Bertz CT molecular complexity index is 2990. The minimum absolute atomic E-state index is 0.0152. The Labute approximate surface area is 468 Å². The van der Waals surface area contributed by atoms with Gasteiger partial charge in [0.25, 0.3) is 0 Å². The molecule has 2 atom stereocenters. The molecule has 0 spiro atoms. The standard InChI is InChI=1S/C40H53N3O4.C27H27N3O2/c1-6-7-8-9-10-11-12-13-14-15-22-46-26-32(44)27-47-33-18-21-36(37(45)25-33)40-42-38(34-19-16-28(2)23-30(34)4)41-39(43-40)35-20-17-29(3)24-31(35)5;1-2-3-16-22(31)19-32-24-18-11-10-17-23(24)27-29-25(20-12-6-4-7-13-20)28-26(30-27)21-14-8-5-9-15-21/h16-21,23-25,32,44-45H,6-15,22,26-27H2,1-5H3;4-15,17-18,22,31H,2-3,16,19H2,1H3. The minimum atomic E-state index is -0.760. The summed E-state index contributed by atoms with van der Waals surface area (Å²) in [6, 6.07) is 44.8. The van der Waals surface area contributed by atoms with E-state index in [-0.39, 0.29) is 25.6 Å². The lowest BCUT2D eigenvalue weighted by Gasteiger charge is -2.15.